The van der Waals surface area contributed by atoms with Crippen LogP contribution in [0.25, 0.3) is 0 Å². The van der Waals surface area contributed by atoms with Crippen molar-refractivity contribution in [2.45, 2.75) is 77.1 Å². The molecule has 5 heterocycles. The maximum Gasteiger partial charge on any atom is 0.410 e. The zero-order chi connectivity index (χ0) is 24.1. The van der Waals surface area contributed by atoms with Gasteiger partial charge in [-0.1, -0.05) is 0 Å². The van der Waals surface area contributed by atoms with E-state index in [-0.39, 0.29) is 23.6 Å². The standard InChI is InChI=1S/C25H40N6O3/c1-24(2,3)34-23(32)31-14-17-6-7-18(31)13-30(17)21-19-8-11-26-12-20(19)27-22(28-21)33-16-25(9-10-25)15-29(4)5/h17-18,26H,6-16H2,1-5H3/t17-,18+/m0/s1. The lowest BCUT2D eigenvalue weighted by Gasteiger charge is -2.52. The molecule has 1 aromatic heterocycles. The van der Waals surface area contributed by atoms with E-state index in [1.54, 1.807) is 0 Å². The second-order valence-electron chi connectivity index (χ2n) is 11.9. The molecule has 0 aromatic carbocycles. The van der Waals surface area contributed by atoms with Gasteiger partial charge in [0.2, 0.25) is 0 Å². The molecule has 188 valence electrons. The highest BCUT2D eigenvalue weighted by molar-refractivity contribution is 5.70. The van der Waals surface area contributed by atoms with Gasteiger partial charge in [-0.05, 0) is 73.5 Å². The van der Waals surface area contributed by atoms with E-state index in [4.69, 9.17) is 19.4 Å². The molecule has 5 aliphatic rings. The van der Waals surface area contributed by atoms with Crippen molar-refractivity contribution in [2.75, 3.05) is 51.8 Å². The zero-order valence-corrected chi connectivity index (χ0v) is 21.4. The minimum Gasteiger partial charge on any atom is -0.463 e. The highest BCUT2D eigenvalue weighted by Gasteiger charge is 2.45. The van der Waals surface area contributed by atoms with Crippen LogP contribution in [0.3, 0.4) is 0 Å². The molecule has 1 N–H and O–H groups in total. The fourth-order valence-corrected chi connectivity index (χ4v) is 5.66. The minimum absolute atomic E-state index is 0.145. The van der Waals surface area contributed by atoms with E-state index >= 15 is 0 Å². The molecule has 0 unspecified atom stereocenters. The quantitative estimate of drug-likeness (QED) is 0.676. The first-order valence-electron chi connectivity index (χ1n) is 12.8. The van der Waals surface area contributed by atoms with E-state index in [2.05, 4.69) is 29.2 Å². The Bertz CT molecular complexity index is 926. The number of hydrogen-bond donors (Lipinski definition) is 1. The van der Waals surface area contributed by atoms with Gasteiger partial charge in [0.05, 0.1) is 18.3 Å². The molecule has 2 bridgehead atoms. The predicted octanol–water partition coefficient (Wildman–Crippen LogP) is 2.43. The van der Waals surface area contributed by atoms with Crippen LogP contribution >= 0.6 is 0 Å². The number of fused-ring (bicyclic) bond motifs is 4. The van der Waals surface area contributed by atoms with Gasteiger partial charge in [0.15, 0.2) is 0 Å². The Labute approximate surface area is 203 Å². The number of nitrogens with one attached hydrogen (secondary N) is 1. The number of piperidine rings is 2. The monoisotopic (exact) mass is 472 g/mol. The first-order chi connectivity index (χ1) is 16.1. The fraction of sp³-hybridized carbons (Fsp3) is 0.800. The van der Waals surface area contributed by atoms with Crippen LogP contribution in [0.1, 0.15) is 57.7 Å². The van der Waals surface area contributed by atoms with Crippen LogP contribution in [0.15, 0.2) is 0 Å². The average Bonchev–Trinajstić information content (AvgIpc) is 3.55. The van der Waals surface area contributed by atoms with Gasteiger partial charge in [-0.3, -0.25) is 0 Å². The lowest BCUT2D eigenvalue weighted by molar-refractivity contribution is 0.000732. The van der Waals surface area contributed by atoms with Crippen molar-refractivity contribution in [1.82, 2.24) is 25.1 Å². The molecular formula is C25H40N6O3. The van der Waals surface area contributed by atoms with E-state index in [0.29, 0.717) is 19.2 Å². The van der Waals surface area contributed by atoms with E-state index in [1.807, 2.05) is 25.7 Å². The second-order valence-corrected chi connectivity index (χ2v) is 11.9. The van der Waals surface area contributed by atoms with E-state index < -0.39 is 5.60 Å². The van der Waals surface area contributed by atoms with Crippen molar-refractivity contribution in [3.63, 3.8) is 0 Å². The minimum atomic E-state index is -0.482. The molecule has 1 aliphatic carbocycles. The van der Waals surface area contributed by atoms with Crippen molar-refractivity contribution in [1.29, 1.82) is 0 Å². The molecule has 1 aromatic rings. The predicted molar refractivity (Wildman–Crippen MR) is 130 cm³/mol. The number of rotatable bonds is 6. The molecule has 9 nitrogen and oxygen atoms in total. The van der Waals surface area contributed by atoms with Crippen LogP contribution in [0, 0.1) is 5.41 Å². The van der Waals surface area contributed by atoms with Crippen LogP contribution in [-0.2, 0) is 17.7 Å². The van der Waals surface area contributed by atoms with E-state index in [9.17, 15) is 4.79 Å². The Morgan fingerprint density at radius 1 is 1.18 bits per heavy atom. The Balaban J connectivity index is 1.35. The summed E-state index contributed by atoms with van der Waals surface area (Å²) < 4.78 is 11.9. The number of aromatic nitrogens is 2. The molecule has 4 aliphatic heterocycles. The Morgan fingerprint density at radius 2 is 1.94 bits per heavy atom. The third-order valence-corrected chi connectivity index (χ3v) is 7.44. The van der Waals surface area contributed by atoms with Crippen LogP contribution in [0.5, 0.6) is 6.01 Å². The maximum atomic E-state index is 12.8. The summed E-state index contributed by atoms with van der Waals surface area (Å²) in [5, 5.41) is 3.45. The van der Waals surface area contributed by atoms with Gasteiger partial charge >= 0.3 is 12.1 Å². The van der Waals surface area contributed by atoms with Crippen molar-refractivity contribution >= 4 is 11.9 Å². The van der Waals surface area contributed by atoms with Gasteiger partial charge in [-0.25, -0.2) is 4.79 Å². The summed E-state index contributed by atoms with van der Waals surface area (Å²) in [4.78, 5) is 29.2. The SMILES string of the molecule is CN(C)CC1(COc2nc3c(c(N4C[C@H]5CC[C@H]4CN5C(=O)OC(C)(C)C)n2)CCNC3)CC1. The molecule has 4 fully saturated rings. The molecule has 34 heavy (non-hydrogen) atoms. The summed E-state index contributed by atoms with van der Waals surface area (Å²) in [5.41, 5.74) is 2.04. The van der Waals surface area contributed by atoms with Crippen molar-refractivity contribution in [3.05, 3.63) is 11.3 Å². The van der Waals surface area contributed by atoms with Crippen LogP contribution in [-0.4, -0.2) is 90.4 Å². The number of nitrogens with zero attached hydrogens (tertiary/aromatic N) is 5. The topological polar surface area (TPSA) is 83.1 Å². The largest absolute Gasteiger partial charge is 0.463 e. The van der Waals surface area contributed by atoms with Crippen molar-refractivity contribution < 1.29 is 14.3 Å². The molecule has 1 saturated carbocycles. The average molecular weight is 473 g/mol. The lowest BCUT2D eigenvalue weighted by Crippen LogP contribution is -2.65. The highest BCUT2D eigenvalue weighted by Crippen LogP contribution is 2.46. The fourth-order valence-electron chi connectivity index (χ4n) is 5.66. The Hall–Kier alpha value is -2.13. The molecule has 1 amide bonds. The van der Waals surface area contributed by atoms with Gasteiger partial charge < -0.3 is 29.5 Å². The van der Waals surface area contributed by atoms with Gasteiger partial charge in [-0.2, -0.15) is 9.97 Å². The van der Waals surface area contributed by atoms with Crippen molar-refractivity contribution in [2.24, 2.45) is 5.41 Å². The Morgan fingerprint density at radius 3 is 2.59 bits per heavy atom. The molecule has 0 spiro atoms. The smallest absolute Gasteiger partial charge is 0.410 e. The van der Waals surface area contributed by atoms with Gasteiger partial charge in [-0.15, -0.1) is 0 Å². The normalized spacial score (nSPS) is 25.4. The highest BCUT2D eigenvalue weighted by atomic mass is 16.6. The molecule has 2 atom stereocenters. The van der Waals surface area contributed by atoms with E-state index in [1.165, 1.54) is 18.4 Å². The first kappa shape index (κ1) is 23.6. The zero-order valence-electron chi connectivity index (χ0n) is 21.4. The van der Waals surface area contributed by atoms with Gasteiger partial charge in [0, 0.05) is 43.2 Å². The van der Waals surface area contributed by atoms with Gasteiger partial charge in [0.25, 0.3) is 0 Å². The van der Waals surface area contributed by atoms with Crippen LogP contribution in [0.4, 0.5) is 10.6 Å². The molecule has 9 heteroatoms. The number of carbonyl (C=O) groups excluding carboxylic acids is 1. The summed E-state index contributed by atoms with van der Waals surface area (Å²) in [5.74, 6) is 1.01. The maximum absolute atomic E-state index is 12.8. The van der Waals surface area contributed by atoms with E-state index in [0.717, 1.165) is 57.0 Å². The third kappa shape index (κ3) is 4.96. The van der Waals surface area contributed by atoms with Gasteiger partial charge in [0.1, 0.15) is 11.4 Å². The lowest BCUT2D eigenvalue weighted by atomic mass is 9.90. The van der Waals surface area contributed by atoms with Crippen LogP contribution < -0.4 is 15.0 Å². The first-order valence-corrected chi connectivity index (χ1v) is 12.8. The number of carbonyl (C=O) groups is 1. The molecule has 0 radical (unpaired) electrons. The summed E-state index contributed by atoms with van der Waals surface area (Å²) >= 11 is 0. The molecule has 6 rings (SSSR count). The second kappa shape index (κ2) is 8.82. The summed E-state index contributed by atoms with van der Waals surface area (Å²) in [6.07, 6.45) is 5.17. The molecular weight excluding hydrogens is 432 g/mol. The van der Waals surface area contributed by atoms with Crippen molar-refractivity contribution in [3.8, 4) is 6.01 Å². The molecule has 3 saturated heterocycles. The van der Waals surface area contributed by atoms with Crippen LogP contribution in [0.2, 0.25) is 0 Å². The Kier molecular flexibility index (Phi) is 6.13. The summed E-state index contributed by atoms with van der Waals surface area (Å²) in [6.45, 7) is 10.6. The summed E-state index contributed by atoms with van der Waals surface area (Å²) in [7, 11) is 4.23. The summed E-state index contributed by atoms with van der Waals surface area (Å²) in [6, 6.07) is 0.877. The number of anilines is 1. The number of ether oxygens (including phenoxy) is 2. The number of amides is 1. The number of hydrogen-bond acceptors (Lipinski definition) is 8. The number of piperazine rings is 1. The third-order valence-electron chi connectivity index (χ3n) is 7.44.